The SMILES string of the molecule is COc1cccc(/C=N\NC(=O)c2cc(Br)cc(Br)c2O)c1O[C@@H](C)C(=O)O. The van der Waals surface area contributed by atoms with Crippen LogP contribution in [0.4, 0.5) is 0 Å². The van der Waals surface area contributed by atoms with Crippen LogP contribution in [0.1, 0.15) is 22.8 Å². The van der Waals surface area contributed by atoms with E-state index in [0.717, 1.165) is 0 Å². The number of phenols is 1. The number of hydrazone groups is 1. The molecule has 28 heavy (non-hydrogen) atoms. The molecule has 0 aliphatic rings. The number of aromatic hydroxyl groups is 1. The summed E-state index contributed by atoms with van der Waals surface area (Å²) in [6, 6.07) is 7.93. The Balaban J connectivity index is 2.25. The monoisotopic (exact) mass is 514 g/mol. The van der Waals surface area contributed by atoms with E-state index in [2.05, 4.69) is 42.4 Å². The molecular weight excluding hydrogens is 500 g/mol. The van der Waals surface area contributed by atoms with Crippen LogP contribution in [0, 0.1) is 0 Å². The van der Waals surface area contributed by atoms with Crippen molar-refractivity contribution >= 4 is 50.0 Å². The molecular formula is C18H16Br2N2O6. The number of halogens is 2. The van der Waals surface area contributed by atoms with Crippen molar-refractivity contribution in [2.75, 3.05) is 7.11 Å². The first-order valence-corrected chi connectivity index (χ1v) is 9.41. The highest BCUT2D eigenvalue weighted by atomic mass is 79.9. The number of carboxylic acids is 1. The molecule has 0 saturated heterocycles. The number of para-hydroxylation sites is 1. The van der Waals surface area contributed by atoms with Gasteiger partial charge in [-0.25, -0.2) is 10.2 Å². The van der Waals surface area contributed by atoms with E-state index in [-0.39, 0.29) is 17.1 Å². The van der Waals surface area contributed by atoms with Gasteiger partial charge in [-0.2, -0.15) is 5.10 Å². The van der Waals surface area contributed by atoms with Crippen LogP contribution in [0.2, 0.25) is 0 Å². The summed E-state index contributed by atoms with van der Waals surface area (Å²) in [5.41, 5.74) is 2.71. The van der Waals surface area contributed by atoms with Crippen molar-refractivity contribution < 1.29 is 29.3 Å². The number of amides is 1. The molecule has 0 heterocycles. The lowest BCUT2D eigenvalue weighted by Crippen LogP contribution is -2.24. The van der Waals surface area contributed by atoms with Crippen LogP contribution in [0.3, 0.4) is 0 Å². The van der Waals surface area contributed by atoms with Crippen molar-refractivity contribution in [3.05, 3.63) is 50.4 Å². The van der Waals surface area contributed by atoms with Gasteiger partial charge in [-0.3, -0.25) is 4.79 Å². The fourth-order valence-corrected chi connectivity index (χ4v) is 3.33. The number of benzene rings is 2. The van der Waals surface area contributed by atoms with Crippen molar-refractivity contribution in [2.45, 2.75) is 13.0 Å². The molecule has 2 rings (SSSR count). The number of ether oxygens (including phenoxy) is 2. The number of hydrogen-bond acceptors (Lipinski definition) is 6. The van der Waals surface area contributed by atoms with Gasteiger partial charge < -0.3 is 19.7 Å². The number of carboxylic acid groups (broad SMARTS) is 1. The maximum Gasteiger partial charge on any atom is 0.344 e. The molecule has 0 bridgehead atoms. The maximum atomic E-state index is 12.3. The Morgan fingerprint density at radius 3 is 2.64 bits per heavy atom. The van der Waals surface area contributed by atoms with Crippen molar-refractivity contribution in [3.8, 4) is 17.2 Å². The first kappa shape index (κ1) is 21.7. The number of carbonyl (C=O) groups excluding carboxylic acids is 1. The third-order valence-electron chi connectivity index (χ3n) is 3.51. The number of carbonyl (C=O) groups is 2. The highest BCUT2D eigenvalue weighted by Gasteiger charge is 2.18. The molecule has 1 atom stereocenters. The van der Waals surface area contributed by atoms with Gasteiger partial charge in [-0.05, 0) is 47.1 Å². The summed E-state index contributed by atoms with van der Waals surface area (Å²) in [7, 11) is 1.42. The lowest BCUT2D eigenvalue weighted by atomic mass is 10.2. The number of aliphatic carboxylic acids is 1. The van der Waals surface area contributed by atoms with Gasteiger partial charge in [-0.1, -0.05) is 22.0 Å². The van der Waals surface area contributed by atoms with Gasteiger partial charge in [0.1, 0.15) is 5.75 Å². The predicted molar refractivity (Wildman–Crippen MR) is 109 cm³/mol. The fourth-order valence-electron chi connectivity index (χ4n) is 2.11. The number of hydrogen-bond donors (Lipinski definition) is 3. The van der Waals surface area contributed by atoms with Crippen LogP contribution in [0.5, 0.6) is 17.2 Å². The van der Waals surface area contributed by atoms with Crippen LogP contribution in [0.25, 0.3) is 0 Å². The second-order valence-electron chi connectivity index (χ2n) is 5.46. The van der Waals surface area contributed by atoms with Gasteiger partial charge in [0.15, 0.2) is 17.6 Å². The molecule has 0 saturated carbocycles. The zero-order valence-corrected chi connectivity index (χ0v) is 17.9. The minimum Gasteiger partial charge on any atom is -0.506 e. The van der Waals surface area contributed by atoms with Crippen LogP contribution in [0.15, 0.2) is 44.4 Å². The van der Waals surface area contributed by atoms with Crippen LogP contribution in [-0.2, 0) is 4.79 Å². The van der Waals surface area contributed by atoms with Gasteiger partial charge in [0.2, 0.25) is 0 Å². The Labute approximate surface area is 177 Å². The number of nitrogens with one attached hydrogen (secondary N) is 1. The first-order valence-electron chi connectivity index (χ1n) is 7.82. The highest BCUT2D eigenvalue weighted by Crippen LogP contribution is 2.32. The van der Waals surface area contributed by atoms with E-state index in [1.54, 1.807) is 24.3 Å². The molecule has 10 heteroatoms. The summed E-state index contributed by atoms with van der Waals surface area (Å²) >= 11 is 6.40. The minimum absolute atomic E-state index is 0.0139. The Kier molecular flexibility index (Phi) is 7.41. The van der Waals surface area contributed by atoms with Gasteiger partial charge >= 0.3 is 5.97 Å². The smallest absolute Gasteiger partial charge is 0.344 e. The third kappa shape index (κ3) is 5.23. The summed E-state index contributed by atoms with van der Waals surface area (Å²) < 4.78 is 11.6. The lowest BCUT2D eigenvalue weighted by molar-refractivity contribution is -0.144. The molecule has 0 aromatic heterocycles. The van der Waals surface area contributed by atoms with E-state index in [0.29, 0.717) is 20.3 Å². The highest BCUT2D eigenvalue weighted by molar-refractivity contribution is 9.11. The van der Waals surface area contributed by atoms with Gasteiger partial charge in [-0.15, -0.1) is 0 Å². The number of rotatable bonds is 7. The molecule has 0 aliphatic carbocycles. The average molecular weight is 516 g/mol. The Morgan fingerprint density at radius 2 is 2.00 bits per heavy atom. The van der Waals surface area contributed by atoms with E-state index >= 15 is 0 Å². The summed E-state index contributed by atoms with van der Waals surface area (Å²) in [4.78, 5) is 23.3. The molecule has 0 spiro atoms. The summed E-state index contributed by atoms with van der Waals surface area (Å²) in [6.45, 7) is 1.38. The molecule has 2 aromatic rings. The zero-order valence-electron chi connectivity index (χ0n) is 14.8. The molecule has 2 aromatic carbocycles. The number of methoxy groups -OCH3 is 1. The van der Waals surface area contributed by atoms with Crippen molar-refractivity contribution in [3.63, 3.8) is 0 Å². The molecule has 0 radical (unpaired) electrons. The zero-order chi connectivity index (χ0) is 20.8. The number of phenolic OH excluding ortho intramolecular Hbond substituents is 1. The Morgan fingerprint density at radius 1 is 1.29 bits per heavy atom. The minimum atomic E-state index is -1.14. The largest absolute Gasteiger partial charge is 0.506 e. The molecule has 148 valence electrons. The van der Waals surface area contributed by atoms with Gasteiger partial charge in [0.05, 0.1) is 23.4 Å². The fraction of sp³-hybridized carbons (Fsp3) is 0.167. The topological polar surface area (TPSA) is 117 Å². The summed E-state index contributed by atoms with van der Waals surface area (Å²) in [5.74, 6) is -1.52. The van der Waals surface area contributed by atoms with Gasteiger partial charge in [0.25, 0.3) is 5.91 Å². The van der Waals surface area contributed by atoms with Crippen molar-refractivity contribution in [1.29, 1.82) is 0 Å². The van der Waals surface area contributed by atoms with E-state index < -0.39 is 18.0 Å². The normalized spacial score (nSPS) is 11.9. The van der Waals surface area contributed by atoms with E-state index in [1.807, 2.05) is 0 Å². The summed E-state index contributed by atoms with van der Waals surface area (Å²) in [5, 5.41) is 22.9. The van der Waals surface area contributed by atoms with Crippen LogP contribution < -0.4 is 14.9 Å². The maximum absolute atomic E-state index is 12.3. The second kappa shape index (κ2) is 9.56. The molecule has 0 unspecified atom stereocenters. The lowest BCUT2D eigenvalue weighted by Gasteiger charge is -2.15. The summed E-state index contributed by atoms with van der Waals surface area (Å²) in [6.07, 6.45) is 0.169. The Bertz CT molecular complexity index is 933. The molecule has 3 N–H and O–H groups in total. The van der Waals surface area contributed by atoms with Gasteiger partial charge in [0, 0.05) is 10.0 Å². The molecule has 0 aliphatic heterocycles. The number of nitrogens with zero attached hydrogens (tertiary/aromatic N) is 1. The second-order valence-corrected chi connectivity index (χ2v) is 7.23. The molecule has 0 fully saturated rings. The van der Waals surface area contributed by atoms with E-state index in [4.69, 9.17) is 14.6 Å². The van der Waals surface area contributed by atoms with Crippen molar-refractivity contribution in [2.24, 2.45) is 5.10 Å². The standard InChI is InChI=1S/C18H16Br2N2O6/c1-9(18(25)26)28-16-10(4-3-5-14(16)27-2)8-21-22-17(24)12-6-11(19)7-13(20)15(12)23/h3-9,23H,1-2H3,(H,22,24)(H,25,26)/b21-8-/t9-/m0/s1. The first-order chi connectivity index (χ1) is 13.2. The van der Waals surface area contributed by atoms with Crippen LogP contribution >= 0.6 is 31.9 Å². The van der Waals surface area contributed by atoms with Crippen molar-refractivity contribution in [1.82, 2.24) is 5.43 Å². The predicted octanol–water partition coefficient (Wildman–Crippen LogP) is 3.54. The Hall–Kier alpha value is -2.59. The van der Waals surface area contributed by atoms with E-state index in [9.17, 15) is 14.7 Å². The van der Waals surface area contributed by atoms with E-state index in [1.165, 1.54) is 26.3 Å². The average Bonchev–Trinajstić information content (AvgIpc) is 2.65. The molecule has 8 nitrogen and oxygen atoms in total. The third-order valence-corrected chi connectivity index (χ3v) is 4.58. The molecule has 1 amide bonds. The quantitative estimate of drug-likeness (QED) is 0.383. The van der Waals surface area contributed by atoms with Crippen LogP contribution in [-0.4, -0.2) is 41.5 Å².